The molecule has 2 heterocycles. The third kappa shape index (κ3) is 2.06. The number of methoxy groups -OCH3 is 1. The first-order valence-corrected chi connectivity index (χ1v) is 6.57. The Balaban J connectivity index is 2.27. The summed E-state index contributed by atoms with van der Waals surface area (Å²) in [5, 5.41) is 5.32. The summed E-state index contributed by atoms with van der Waals surface area (Å²) in [4.78, 5) is 8.14. The van der Waals surface area contributed by atoms with Crippen LogP contribution in [0, 0.1) is 0 Å². The summed E-state index contributed by atoms with van der Waals surface area (Å²) in [7, 11) is 1.62. The molecule has 0 spiro atoms. The van der Waals surface area contributed by atoms with Crippen LogP contribution in [0.4, 0.5) is 0 Å². The van der Waals surface area contributed by atoms with Crippen LogP contribution in [0.15, 0.2) is 35.1 Å². The van der Waals surface area contributed by atoms with Crippen molar-refractivity contribution in [2.45, 2.75) is 0 Å². The van der Waals surface area contributed by atoms with Gasteiger partial charge < -0.3 is 4.74 Å². The number of aromatic nitrogens is 4. The highest BCUT2D eigenvalue weighted by Crippen LogP contribution is 2.31. The maximum atomic E-state index is 5.83. The van der Waals surface area contributed by atoms with Gasteiger partial charge in [0.15, 0.2) is 5.65 Å². The summed E-state index contributed by atoms with van der Waals surface area (Å²) in [6.07, 6.45) is 3.33. The van der Waals surface area contributed by atoms with Gasteiger partial charge in [-0.1, -0.05) is 6.07 Å². The van der Waals surface area contributed by atoms with Gasteiger partial charge in [-0.25, -0.2) is 9.67 Å². The molecule has 0 N–H and O–H groups in total. The van der Waals surface area contributed by atoms with Crippen molar-refractivity contribution in [1.29, 1.82) is 0 Å². The number of hydrogen-bond acceptors (Lipinski definition) is 4. The molecule has 0 saturated carbocycles. The molecule has 7 heteroatoms. The molecule has 0 amide bonds. The summed E-state index contributed by atoms with van der Waals surface area (Å²) in [5.41, 5.74) is 1.47. The largest absolute Gasteiger partial charge is 0.495 e. The van der Waals surface area contributed by atoms with E-state index >= 15 is 0 Å². The molecule has 0 fully saturated rings. The second-order valence-electron chi connectivity index (χ2n) is 3.77. The van der Waals surface area contributed by atoms with Crippen LogP contribution in [-0.4, -0.2) is 26.9 Å². The van der Waals surface area contributed by atoms with E-state index in [-0.39, 0.29) is 5.28 Å². The molecule has 5 nitrogen and oxygen atoms in total. The Morgan fingerprint density at radius 3 is 2.95 bits per heavy atom. The van der Waals surface area contributed by atoms with Gasteiger partial charge in [-0.2, -0.15) is 10.1 Å². The van der Waals surface area contributed by atoms with Crippen molar-refractivity contribution in [3.63, 3.8) is 0 Å². The average Bonchev–Trinajstić information content (AvgIpc) is 2.82. The molecule has 0 atom stereocenters. The Bertz CT molecular complexity index is 759. The zero-order valence-electron chi connectivity index (χ0n) is 9.84. The minimum atomic E-state index is 0.188. The molecule has 0 aliphatic heterocycles. The van der Waals surface area contributed by atoms with Gasteiger partial charge in [0, 0.05) is 6.20 Å². The van der Waals surface area contributed by atoms with E-state index in [0.717, 1.165) is 21.3 Å². The van der Waals surface area contributed by atoms with Gasteiger partial charge in [0.1, 0.15) is 5.75 Å². The lowest BCUT2D eigenvalue weighted by Crippen LogP contribution is -2.00. The quantitative estimate of drug-likeness (QED) is 0.673. The van der Waals surface area contributed by atoms with Gasteiger partial charge >= 0.3 is 0 Å². The number of ether oxygens (including phenoxy) is 1. The predicted octanol–water partition coefficient (Wildman–Crippen LogP) is 3.24. The van der Waals surface area contributed by atoms with E-state index in [1.807, 2.05) is 18.2 Å². The second-order valence-corrected chi connectivity index (χ2v) is 4.90. The van der Waals surface area contributed by atoms with E-state index in [1.54, 1.807) is 24.2 Å². The summed E-state index contributed by atoms with van der Waals surface area (Å²) in [5.74, 6) is 0.723. The van der Waals surface area contributed by atoms with Gasteiger partial charge in [-0.15, -0.1) is 0 Å². The molecule has 3 rings (SSSR count). The second kappa shape index (κ2) is 4.79. The number of halogens is 2. The van der Waals surface area contributed by atoms with Crippen molar-refractivity contribution in [1.82, 2.24) is 19.7 Å². The van der Waals surface area contributed by atoms with E-state index < -0.39 is 0 Å². The van der Waals surface area contributed by atoms with Gasteiger partial charge in [0.2, 0.25) is 5.28 Å². The molecule has 1 aromatic carbocycles. The van der Waals surface area contributed by atoms with Crippen LogP contribution in [0.1, 0.15) is 0 Å². The van der Waals surface area contributed by atoms with Gasteiger partial charge in [-0.3, -0.25) is 0 Å². The molecule has 0 saturated heterocycles. The molecule has 0 aliphatic carbocycles. The van der Waals surface area contributed by atoms with E-state index in [2.05, 4.69) is 31.0 Å². The van der Waals surface area contributed by atoms with Crippen molar-refractivity contribution in [2.75, 3.05) is 7.11 Å². The summed E-state index contributed by atoms with van der Waals surface area (Å²) < 4.78 is 7.77. The van der Waals surface area contributed by atoms with E-state index in [0.29, 0.717) is 5.65 Å². The molecule has 0 radical (unpaired) electrons. The Kier molecular flexibility index (Phi) is 3.12. The number of hydrogen-bond donors (Lipinski definition) is 0. The van der Waals surface area contributed by atoms with Crippen LogP contribution in [-0.2, 0) is 0 Å². The minimum Gasteiger partial charge on any atom is -0.495 e. The zero-order valence-corrected chi connectivity index (χ0v) is 12.2. The van der Waals surface area contributed by atoms with Crippen LogP contribution < -0.4 is 4.74 Å². The van der Waals surface area contributed by atoms with Crippen molar-refractivity contribution >= 4 is 38.6 Å². The molecule has 19 heavy (non-hydrogen) atoms. The highest BCUT2D eigenvalue weighted by molar-refractivity contribution is 9.10. The Morgan fingerprint density at radius 1 is 1.32 bits per heavy atom. The monoisotopic (exact) mass is 338 g/mol. The molecule has 0 aliphatic rings. The fourth-order valence-corrected chi connectivity index (χ4v) is 2.52. The maximum Gasteiger partial charge on any atom is 0.224 e. The Morgan fingerprint density at radius 2 is 2.16 bits per heavy atom. The number of benzene rings is 1. The van der Waals surface area contributed by atoms with E-state index in [9.17, 15) is 0 Å². The molecule has 0 bridgehead atoms. The number of fused-ring (bicyclic) bond motifs is 1. The van der Waals surface area contributed by atoms with E-state index in [4.69, 9.17) is 16.3 Å². The van der Waals surface area contributed by atoms with Crippen LogP contribution in [0.3, 0.4) is 0 Å². The first-order valence-electron chi connectivity index (χ1n) is 5.40. The van der Waals surface area contributed by atoms with Crippen molar-refractivity contribution in [3.8, 4) is 11.4 Å². The normalized spacial score (nSPS) is 10.9. The number of rotatable bonds is 2. The van der Waals surface area contributed by atoms with Crippen molar-refractivity contribution < 1.29 is 4.74 Å². The van der Waals surface area contributed by atoms with Crippen LogP contribution in [0.2, 0.25) is 5.28 Å². The first-order chi connectivity index (χ1) is 9.20. The smallest absolute Gasteiger partial charge is 0.224 e. The van der Waals surface area contributed by atoms with Gasteiger partial charge in [0.25, 0.3) is 0 Å². The molecule has 3 aromatic rings. The summed E-state index contributed by atoms with van der Waals surface area (Å²) in [6, 6.07) is 5.66. The van der Waals surface area contributed by atoms with Crippen LogP contribution in [0.25, 0.3) is 16.7 Å². The summed E-state index contributed by atoms with van der Waals surface area (Å²) >= 11 is 9.34. The third-order valence-corrected chi connectivity index (χ3v) is 3.65. The fourth-order valence-electron chi connectivity index (χ4n) is 1.79. The first kappa shape index (κ1) is 12.4. The highest BCUT2D eigenvalue weighted by Gasteiger charge is 2.13. The van der Waals surface area contributed by atoms with Gasteiger partial charge in [0.05, 0.1) is 28.9 Å². The molecular weight excluding hydrogens is 332 g/mol. The van der Waals surface area contributed by atoms with Crippen LogP contribution >= 0.6 is 27.5 Å². The molecule has 0 unspecified atom stereocenters. The molecule has 96 valence electrons. The SMILES string of the molecule is COc1cccc(-n2ncc3cnc(Cl)nc32)c1Br. The highest BCUT2D eigenvalue weighted by atomic mass is 79.9. The zero-order chi connectivity index (χ0) is 13.4. The lowest BCUT2D eigenvalue weighted by atomic mass is 10.3. The van der Waals surface area contributed by atoms with Gasteiger partial charge in [-0.05, 0) is 39.7 Å². The van der Waals surface area contributed by atoms with E-state index in [1.165, 1.54) is 0 Å². The average molecular weight is 340 g/mol. The van der Waals surface area contributed by atoms with Crippen molar-refractivity contribution in [2.24, 2.45) is 0 Å². The van der Waals surface area contributed by atoms with Crippen LogP contribution in [0.5, 0.6) is 5.75 Å². The fraction of sp³-hybridized carbons (Fsp3) is 0.0833. The Labute approximate surface area is 122 Å². The maximum absolute atomic E-state index is 5.83. The lowest BCUT2D eigenvalue weighted by Gasteiger charge is -2.09. The predicted molar refractivity (Wildman–Crippen MR) is 75.9 cm³/mol. The minimum absolute atomic E-state index is 0.188. The standard InChI is InChI=1S/C12H8BrClN4O/c1-19-9-4-2-3-8(10(9)13)18-11-7(6-16-18)5-15-12(14)17-11/h2-6H,1H3. The summed E-state index contributed by atoms with van der Waals surface area (Å²) in [6.45, 7) is 0. The third-order valence-electron chi connectivity index (χ3n) is 2.67. The van der Waals surface area contributed by atoms with Crippen molar-refractivity contribution in [3.05, 3.63) is 40.3 Å². The molecule has 2 aromatic heterocycles. The Hall–Kier alpha value is -1.66. The lowest BCUT2D eigenvalue weighted by molar-refractivity contribution is 0.412. The molecular formula is C12H8BrClN4O. The topological polar surface area (TPSA) is 52.8 Å². The number of nitrogens with zero attached hydrogens (tertiary/aromatic N) is 4.